The predicted octanol–water partition coefficient (Wildman–Crippen LogP) is 3.09. The first-order valence-electron chi connectivity index (χ1n) is 7.80. The maximum Gasteiger partial charge on any atom is 0.184 e. The van der Waals surface area contributed by atoms with Crippen LogP contribution in [0.5, 0.6) is 5.75 Å². The molecule has 118 valence electrons. The van der Waals surface area contributed by atoms with Gasteiger partial charge in [-0.2, -0.15) is 0 Å². The topological polar surface area (TPSA) is 77.8 Å². The zero-order valence-corrected chi connectivity index (χ0v) is 13.1. The molecule has 23 heavy (non-hydrogen) atoms. The lowest BCUT2D eigenvalue weighted by Gasteiger charge is -2.10. The summed E-state index contributed by atoms with van der Waals surface area (Å²) in [4.78, 5) is 8.62. The van der Waals surface area contributed by atoms with E-state index < -0.39 is 0 Å². The van der Waals surface area contributed by atoms with Gasteiger partial charge >= 0.3 is 0 Å². The Morgan fingerprint density at radius 1 is 1.17 bits per heavy atom. The maximum absolute atomic E-state index is 5.65. The van der Waals surface area contributed by atoms with Crippen molar-refractivity contribution in [3.8, 4) is 5.75 Å². The molecular formula is C16H18N6O. The van der Waals surface area contributed by atoms with Crippen LogP contribution in [0.3, 0.4) is 0 Å². The van der Waals surface area contributed by atoms with Gasteiger partial charge in [-0.05, 0) is 51.0 Å². The maximum atomic E-state index is 5.65. The van der Waals surface area contributed by atoms with E-state index in [4.69, 9.17) is 4.74 Å². The molecule has 0 bridgehead atoms. The minimum absolute atomic E-state index is 0.160. The number of aromatic nitrogens is 5. The molecule has 0 aliphatic heterocycles. The summed E-state index contributed by atoms with van der Waals surface area (Å²) in [6.07, 6.45) is 3.99. The Hall–Kier alpha value is -2.70. The number of ether oxygens (including phenoxy) is 1. The van der Waals surface area contributed by atoms with Crippen LogP contribution in [0.25, 0.3) is 11.2 Å². The molecule has 1 aromatic carbocycles. The summed E-state index contributed by atoms with van der Waals surface area (Å²) in [5, 5.41) is 11.7. The van der Waals surface area contributed by atoms with Crippen LogP contribution in [0.4, 0.5) is 11.5 Å². The highest BCUT2D eigenvalue weighted by molar-refractivity contribution is 5.84. The van der Waals surface area contributed by atoms with Gasteiger partial charge in [0.25, 0.3) is 0 Å². The normalized spacial score (nSPS) is 14.4. The molecule has 2 heterocycles. The van der Waals surface area contributed by atoms with Gasteiger partial charge in [-0.25, -0.2) is 14.6 Å². The second-order valence-electron chi connectivity index (χ2n) is 5.98. The molecule has 1 saturated carbocycles. The molecule has 1 N–H and O–H groups in total. The zero-order chi connectivity index (χ0) is 15.8. The second kappa shape index (κ2) is 5.49. The van der Waals surface area contributed by atoms with E-state index in [2.05, 4.69) is 25.6 Å². The Morgan fingerprint density at radius 2 is 1.96 bits per heavy atom. The van der Waals surface area contributed by atoms with Gasteiger partial charge in [0.15, 0.2) is 17.0 Å². The molecule has 7 nitrogen and oxygen atoms in total. The minimum atomic E-state index is 0.160. The quantitative estimate of drug-likeness (QED) is 0.780. The molecule has 1 aliphatic carbocycles. The van der Waals surface area contributed by atoms with Crippen LogP contribution in [0.1, 0.15) is 32.7 Å². The van der Waals surface area contributed by atoms with Crippen LogP contribution in [0.15, 0.2) is 30.6 Å². The van der Waals surface area contributed by atoms with Crippen molar-refractivity contribution in [2.75, 3.05) is 5.32 Å². The molecule has 3 aromatic rings. The fourth-order valence-corrected chi connectivity index (χ4v) is 2.45. The average Bonchev–Trinajstić information content (AvgIpc) is 3.28. The molecule has 0 unspecified atom stereocenters. The number of nitrogens with one attached hydrogen (secondary N) is 1. The number of benzene rings is 1. The van der Waals surface area contributed by atoms with Crippen molar-refractivity contribution < 1.29 is 4.74 Å². The number of fused-ring (bicyclic) bond motifs is 1. The van der Waals surface area contributed by atoms with Crippen molar-refractivity contribution in [1.29, 1.82) is 0 Å². The lowest BCUT2D eigenvalue weighted by atomic mass is 10.3. The van der Waals surface area contributed by atoms with Crippen LogP contribution in [-0.2, 0) is 0 Å². The molecule has 0 spiro atoms. The van der Waals surface area contributed by atoms with Crippen LogP contribution in [0, 0.1) is 0 Å². The Morgan fingerprint density at radius 3 is 2.65 bits per heavy atom. The summed E-state index contributed by atoms with van der Waals surface area (Å²) in [5.41, 5.74) is 2.40. The summed E-state index contributed by atoms with van der Waals surface area (Å²) in [7, 11) is 0. The van der Waals surface area contributed by atoms with Gasteiger partial charge in [-0.1, -0.05) is 5.21 Å². The second-order valence-corrected chi connectivity index (χ2v) is 5.98. The fraction of sp³-hybridized carbons (Fsp3) is 0.375. The van der Waals surface area contributed by atoms with Crippen molar-refractivity contribution in [1.82, 2.24) is 25.0 Å². The Labute approximate surface area is 133 Å². The molecular weight excluding hydrogens is 292 g/mol. The van der Waals surface area contributed by atoms with Gasteiger partial charge in [0, 0.05) is 5.69 Å². The van der Waals surface area contributed by atoms with E-state index in [0.717, 1.165) is 29.9 Å². The third kappa shape index (κ3) is 2.81. The molecule has 0 amide bonds. The highest BCUT2D eigenvalue weighted by Gasteiger charge is 2.27. The van der Waals surface area contributed by atoms with E-state index in [1.807, 2.05) is 42.8 Å². The van der Waals surface area contributed by atoms with Crippen LogP contribution < -0.4 is 10.1 Å². The number of anilines is 2. The number of hydrogen-bond donors (Lipinski definition) is 1. The largest absolute Gasteiger partial charge is 0.491 e. The van der Waals surface area contributed by atoms with Crippen LogP contribution >= 0.6 is 0 Å². The predicted molar refractivity (Wildman–Crippen MR) is 86.9 cm³/mol. The third-order valence-electron chi connectivity index (χ3n) is 3.64. The molecule has 7 heteroatoms. The summed E-state index contributed by atoms with van der Waals surface area (Å²) in [5.74, 6) is 1.51. The summed E-state index contributed by atoms with van der Waals surface area (Å²) in [6.45, 7) is 4.01. The van der Waals surface area contributed by atoms with E-state index in [-0.39, 0.29) is 6.10 Å². The van der Waals surface area contributed by atoms with E-state index in [1.165, 1.54) is 0 Å². The highest BCUT2D eigenvalue weighted by Crippen LogP contribution is 2.36. The lowest BCUT2D eigenvalue weighted by molar-refractivity contribution is 0.242. The molecule has 0 saturated heterocycles. The van der Waals surface area contributed by atoms with Crippen molar-refractivity contribution in [3.05, 3.63) is 30.6 Å². The Bertz CT molecular complexity index is 822. The highest BCUT2D eigenvalue weighted by atomic mass is 16.5. The third-order valence-corrected chi connectivity index (χ3v) is 3.64. The molecule has 1 aliphatic rings. The van der Waals surface area contributed by atoms with Gasteiger partial charge in [-0.15, -0.1) is 5.10 Å². The SMILES string of the molecule is CC(C)Oc1ccc(Nc2ncnc3c2nnn3C2CC2)cc1. The van der Waals surface area contributed by atoms with Crippen LogP contribution in [0.2, 0.25) is 0 Å². The number of rotatable bonds is 5. The van der Waals surface area contributed by atoms with E-state index in [9.17, 15) is 0 Å². The van der Waals surface area contributed by atoms with Crippen molar-refractivity contribution in [2.24, 2.45) is 0 Å². The Kier molecular flexibility index (Phi) is 3.33. The number of hydrogen-bond acceptors (Lipinski definition) is 6. The monoisotopic (exact) mass is 310 g/mol. The first kappa shape index (κ1) is 13.9. The Balaban J connectivity index is 1.60. The molecule has 1 fully saturated rings. The first-order chi connectivity index (χ1) is 11.2. The lowest BCUT2D eigenvalue weighted by Crippen LogP contribution is -2.05. The van der Waals surface area contributed by atoms with Crippen LogP contribution in [-0.4, -0.2) is 31.1 Å². The van der Waals surface area contributed by atoms with E-state index in [0.29, 0.717) is 17.4 Å². The fourth-order valence-electron chi connectivity index (χ4n) is 2.45. The first-order valence-corrected chi connectivity index (χ1v) is 7.80. The van der Waals surface area contributed by atoms with Crippen molar-refractivity contribution >= 4 is 22.7 Å². The smallest absolute Gasteiger partial charge is 0.184 e. The zero-order valence-electron chi connectivity index (χ0n) is 13.1. The van der Waals surface area contributed by atoms with Gasteiger partial charge in [-0.3, -0.25) is 0 Å². The van der Waals surface area contributed by atoms with E-state index in [1.54, 1.807) is 6.33 Å². The number of nitrogens with zero attached hydrogens (tertiary/aromatic N) is 5. The summed E-state index contributed by atoms with van der Waals surface area (Å²) >= 11 is 0. The van der Waals surface area contributed by atoms with Crippen molar-refractivity contribution in [3.63, 3.8) is 0 Å². The molecule has 0 atom stereocenters. The summed E-state index contributed by atoms with van der Waals surface area (Å²) < 4.78 is 7.54. The molecule has 0 radical (unpaired) electrons. The van der Waals surface area contributed by atoms with Gasteiger partial charge < -0.3 is 10.1 Å². The molecule has 2 aromatic heterocycles. The van der Waals surface area contributed by atoms with Gasteiger partial charge in [0.1, 0.15) is 12.1 Å². The summed E-state index contributed by atoms with van der Waals surface area (Å²) in [6, 6.07) is 8.22. The van der Waals surface area contributed by atoms with Gasteiger partial charge in [0.05, 0.1) is 12.1 Å². The molecule has 4 rings (SSSR count). The standard InChI is InChI=1S/C16H18N6O/c1-10(2)23-13-7-3-11(4-8-13)19-15-14-16(18-9-17-15)22(21-20-14)12-5-6-12/h3-4,7-10,12H,5-6H2,1-2H3,(H,17,18,19). The van der Waals surface area contributed by atoms with Crippen molar-refractivity contribution in [2.45, 2.75) is 38.8 Å². The minimum Gasteiger partial charge on any atom is -0.491 e. The van der Waals surface area contributed by atoms with E-state index >= 15 is 0 Å². The van der Waals surface area contributed by atoms with Gasteiger partial charge in [0.2, 0.25) is 0 Å². The average molecular weight is 310 g/mol.